The lowest BCUT2D eigenvalue weighted by molar-refractivity contribution is 0.620. The number of anilines is 2. The first-order chi connectivity index (χ1) is 12.0. The van der Waals surface area contributed by atoms with Gasteiger partial charge in [0.05, 0.1) is 17.8 Å². The van der Waals surface area contributed by atoms with Crippen LogP contribution in [0.4, 0.5) is 16.0 Å². The molecule has 0 saturated carbocycles. The van der Waals surface area contributed by atoms with Gasteiger partial charge in [0, 0.05) is 28.8 Å². The maximum Gasteiger partial charge on any atom is 0.157 e. The second-order valence-electron chi connectivity index (χ2n) is 6.00. The zero-order chi connectivity index (χ0) is 17.6. The number of hydrogen-bond acceptors (Lipinski definition) is 5. The summed E-state index contributed by atoms with van der Waals surface area (Å²) in [7, 11) is 0. The van der Waals surface area contributed by atoms with E-state index in [2.05, 4.69) is 20.4 Å². The Balaban J connectivity index is 1.75. The van der Waals surface area contributed by atoms with Crippen LogP contribution >= 0.6 is 0 Å². The molecule has 0 amide bonds. The highest BCUT2D eigenvalue weighted by atomic mass is 19.1. The molecule has 1 aromatic carbocycles. The minimum absolute atomic E-state index is 0.114. The standard InChI is InChI=1S/C18H17FN6/c1-10-14(19)4-3-12-9-13(18(20)24-17(10)12)11(2)23-16-5-7-21-15-6-8-22-25(15)16/h3-9,11,23H,1-2H3,(H2,20,24). The average molecular weight is 336 g/mol. The number of aryl methyl sites for hydroxylation is 1. The van der Waals surface area contributed by atoms with E-state index in [0.29, 0.717) is 16.9 Å². The SMILES string of the molecule is Cc1c(F)ccc2cc(C(C)Nc3ccnc4ccnn34)c(N)nc12. The molecule has 7 heteroatoms. The molecule has 0 aliphatic heterocycles. The van der Waals surface area contributed by atoms with Crippen molar-refractivity contribution in [2.24, 2.45) is 0 Å². The third kappa shape index (κ3) is 2.53. The van der Waals surface area contributed by atoms with Crippen LogP contribution in [0.3, 0.4) is 0 Å². The zero-order valence-electron chi connectivity index (χ0n) is 13.9. The Bertz CT molecular complexity index is 1090. The normalized spacial score (nSPS) is 12.6. The molecule has 0 spiro atoms. The van der Waals surface area contributed by atoms with E-state index in [1.807, 2.05) is 25.1 Å². The van der Waals surface area contributed by atoms with Gasteiger partial charge in [0.25, 0.3) is 0 Å². The Morgan fingerprint density at radius 2 is 2.04 bits per heavy atom. The van der Waals surface area contributed by atoms with Gasteiger partial charge in [-0.05, 0) is 38.1 Å². The lowest BCUT2D eigenvalue weighted by atomic mass is 10.0. The fourth-order valence-electron chi connectivity index (χ4n) is 2.98. The average Bonchev–Trinajstić information content (AvgIpc) is 3.08. The Morgan fingerprint density at radius 3 is 2.88 bits per heavy atom. The van der Waals surface area contributed by atoms with Crippen molar-refractivity contribution in [2.75, 3.05) is 11.1 Å². The van der Waals surface area contributed by atoms with E-state index in [1.165, 1.54) is 6.07 Å². The van der Waals surface area contributed by atoms with E-state index in [9.17, 15) is 4.39 Å². The molecular formula is C18H17FN6. The molecule has 3 aromatic heterocycles. The van der Waals surface area contributed by atoms with Crippen molar-refractivity contribution in [1.82, 2.24) is 19.6 Å². The number of nitrogen functional groups attached to an aromatic ring is 1. The van der Waals surface area contributed by atoms with Crippen molar-refractivity contribution in [3.05, 3.63) is 59.7 Å². The third-order valence-electron chi connectivity index (χ3n) is 4.36. The van der Waals surface area contributed by atoms with Gasteiger partial charge in [-0.2, -0.15) is 9.61 Å². The van der Waals surface area contributed by atoms with Gasteiger partial charge >= 0.3 is 0 Å². The van der Waals surface area contributed by atoms with Gasteiger partial charge in [-0.15, -0.1) is 0 Å². The van der Waals surface area contributed by atoms with Crippen LogP contribution in [0.25, 0.3) is 16.6 Å². The molecule has 0 aliphatic carbocycles. The molecule has 3 N–H and O–H groups in total. The summed E-state index contributed by atoms with van der Waals surface area (Å²) in [6.45, 7) is 3.70. The third-order valence-corrected chi connectivity index (χ3v) is 4.36. The molecule has 3 heterocycles. The topological polar surface area (TPSA) is 81.1 Å². The highest BCUT2D eigenvalue weighted by Crippen LogP contribution is 2.28. The molecule has 0 radical (unpaired) electrons. The highest BCUT2D eigenvalue weighted by molar-refractivity contribution is 5.84. The van der Waals surface area contributed by atoms with Crippen molar-refractivity contribution in [1.29, 1.82) is 0 Å². The molecule has 25 heavy (non-hydrogen) atoms. The summed E-state index contributed by atoms with van der Waals surface area (Å²) >= 11 is 0. The number of pyridine rings is 1. The lowest BCUT2D eigenvalue weighted by Gasteiger charge is -2.18. The van der Waals surface area contributed by atoms with Crippen molar-refractivity contribution >= 4 is 28.2 Å². The number of hydrogen-bond donors (Lipinski definition) is 2. The summed E-state index contributed by atoms with van der Waals surface area (Å²) in [6, 6.07) is 8.69. The number of nitrogens with one attached hydrogen (secondary N) is 1. The molecule has 0 aliphatic rings. The van der Waals surface area contributed by atoms with E-state index < -0.39 is 0 Å². The Kier molecular flexibility index (Phi) is 3.49. The van der Waals surface area contributed by atoms with Crippen LogP contribution in [0, 0.1) is 12.7 Å². The van der Waals surface area contributed by atoms with Crippen molar-refractivity contribution < 1.29 is 4.39 Å². The predicted octanol–water partition coefficient (Wildman–Crippen LogP) is 3.48. The first kappa shape index (κ1) is 15.3. The fraction of sp³-hybridized carbons (Fsp3) is 0.167. The van der Waals surface area contributed by atoms with E-state index in [0.717, 1.165) is 22.4 Å². The lowest BCUT2D eigenvalue weighted by Crippen LogP contribution is -2.13. The van der Waals surface area contributed by atoms with Gasteiger partial charge in [0.15, 0.2) is 5.65 Å². The Hall–Kier alpha value is -3.22. The largest absolute Gasteiger partial charge is 0.383 e. The fourth-order valence-corrected chi connectivity index (χ4v) is 2.98. The van der Waals surface area contributed by atoms with Gasteiger partial charge in [-0.1, -0.05) is 0 Å². The smallest absolute Gasteiger partial charge is 0.157 e. The van der Waals surface area contributed by atoms with E-state index in [-0.39, 0.29) is 11.9 Å². The number of aromatic nitrogens is 4. The Labute approximate surface area is 143 Å². The second kappa shape index (κ2) is 5.70. The van der Waals surface area contributed by atoms with Crippen LogP contribution in [-0.4, -0.2) is 19.6 Å². The summed E-state index contributed by atoms with van der Waals surface area (Å²) in [5.41, 5.74) is 8.84. The first-order valence-electron chi connectivity index (χ1n) is 7.95. The van der Waals surface area contributed by atoms with Gasteiger partial charge in [0.2, 0.25) is 0 Å². The number of rotatable bonds is 3. The second-order valence-corrected chi connectivity index (χ2v) is 6.00. The maximum atomic E-state index is 13.7. The number of benzene rings is 1. The Morgan fingerprint density at radius 1 is 1.20 bits per heavy atom. The molecule has 4 aromatic rings. The summed E-state index contributed by atoms with van der Waals surface area (Å²) in [5.74, 6) is 0.903. The maximum absolute atomic E-state index is 13.7. The van der Waals surface area contributed by atoms with Crippen LogP contribution in [0.15, 0.2) is 42.7 Å². The molecule has 0 bridgehead atoms. The molecular weight excluding hydrogens is 319 g/mol. The number of halogens is 1. The minimum Gasteiger partial charge on any atom is -0.383 e. The summed E-state index contributed by atoms with van der Waals surface area (Å²) in [6.07, 6.45) is 3.42. The van der Waals surface area contributed by atoms with Crippen LogP contribution < -0.4 is 11.1 Å². The van der Waals surface area contributed by atoms with Gasteiger partial charge < -0.3 is 11.1 Å². The number of nitrogens with two attached hydrogens (primary N) is 1. The minimum atomic E-state index is -0.281. The van der Waals surface area contributed by atoms with Gasteiger partial charge in [-0.25, -0.2) is 14.4 Å². The van der Waals surface area contributed by atoms with E-state index >= 15 is 0 Å². The van der Waals surface area contributed by atoms with Crippen LogP contribution in [0.2, 0.25) is 0 Å². The molecule has 0 saturated heterocycles. The van der Waals surface area contributed by atoms with Crippen molar-refractivity contribution in [3.8, 4) is 0 Å². The van der Waals surface area contributed by atoms with Crippen LogP contribution in [0.1, 0.15) is 24.1 Å². The molecule has 0 fully saturated rings. The van der Waals surface area contributed by atoms with Crippen LogP contribution in [0.5, 0.6) is 0 Å². The monoisotopic (exact) mass is 336 g/mol. The predicted molar refractivity (Wildman–Crippen MR) is 95.9 cm³/mol. The summed E-state index contributed by atoms with van der Waals surface area (Å²) in [5, 5.41) is 8.50. The highest BCUT2D eigenvalue weighted by Gasteiger charge is 2.15. The molecule has 6 nitrogen and oxygen atoms in total. The molecule has 126 valence electrons. The van der Waals surface area contributed by atoms with Gasteiger partial charge in [-0.3, -0.25) is 0 Å². The van der Waals surface area contributed by atoms with Crippen molar-refractivity contribution in [3.63, 3.8) is 0 Å². The molecule has 1 atom stereocenters. The summed E-state index contributed by atoms with van der Waals surface area (Å²) < 4.78 is 15.5. The van der Waals surface area contributed by atoms with Crippen LogP contribution in [-0.2, 0) is 0 Å². The quantitative estimate of drug-likeness (QED) is 0.598. The molecule has 4 rings (SSSR count). The first-order valence-corrected chi connectivity index (χ1v) is 7.95. The number of fused-ring (bicyclic) bond motifs is 2. The number of nitrogens with zero attached hydrogens (tertiary/aromatic N) is 4. The van der Waals surface area contributed by atoms with Gasteiger partial charge in [0.1, 0.15) is 17.5 Å². The van der Waals surface area contributed by atoms with E-state index in [1.54, 1.807) is 29.9 Å². The molecule has 1 unspecified atom stereocenters. The van der Waals surface area contributed by atoms with E-state index in [4.69, 9.17) is 5.73 Å². The zero-order valence-corrected chi connectivity index (χ0v) is 13.9. The van der Waals surface area contributed by atoms with Crippen molar-refractivity contribution in [2.45, 2.75) is 19.9 Å². The summed E-state index contributed by atoms with van der Waals surface area (Å²) in [4.78, 5) is 8.66.